The van der Waals surface area contributed by atoms with Crippen molar-refractivity contribution in [1.82, 2.24) is 9.80 Å². The topological polar surface area (TPSA) is 96.4 Å². The summed E-state index contributed by atoms with van der Waals surface area (Å²) in [4.78, 5) is 41.0. The fourth-order valence-electron chi connectivity index (χ4n) is 3.81. The van der Waals surface area contributed by atoms with E-state index in [0.29, 0.717) is 41.7 Å². The lowest BCUT2D eigenvalue weighted by atomic mass is 9.95. The van der Waals surface area contributed by atoms with Gasteiger partial charge in [-0.15, -0.1) is 0 Å². The van der Waals surface area contributed by atoms with Gasteiger partial charge in [0, 0.05) is 25.6 Å². The van der Waals surface area contributed by atoms with E-state index in [1.54, 1.807) is 48.5 Å². The highest BCUT2D eigenvalue weighted by molar-refractivity contribution is 6.46. The first kappa shape index (κ1) is 26.0. The zero-order valence-corrected chi connectivity index (χ0v) is 20.8. The van der Waals surface area contributed by atoms with Crippen molar-refractivity contribution in [3.63, 3.8) is 0 Å². The number of esters is 1. The molecule has 2 aromatic rings. The van der Waals surface area contributed by atoms with E-state index in [1.165, 1.54) is 11.8 Å². The lowest BCUT2D eigenvalue weighted by Crippen LogP contribution is -2.35. The molecule has 0 saturated carbocycles. The van der Waals surface area contributed by atoms with Crippen molar-refractivity contribution < 1.29 is 29.0 Å². The summed E-state index contributed by atoms with van der Waals surface area (Å²) in [6.45, 7) is 6.75. The molecule has 3 rings (SSSR count). The molecule has 0 radical (unpaired) electrons. The second kappa shape index (κ2) is 11.2. The summed E-state index contributed by atoms with van der Waals surface area (Å²) >= 11 is 0. The van der Waals surface area contributed by atoms with Crippen LogP contribution in [-0.2, 0) is 14.4 Å². The van der Waals surface area contributed by atoms with Gasteiger partial charge in [-0.05, 0) is 62.0 Å². The first-order valence-electron chi connectivity index (χ1n) is 11.5. The molecule has 35 heavy (non-hydrogen) atoms. The molecular weight excluding hydrogens is 448 g/mol. The Morgan fingerprint density at radius 1 is 1.09 bits per heavy atom. The molecule has 0 spiro atoms. The minimum absolute atomic E-state index is 0.00965. The Balaban J connectivity index is 2.06. The van der Waals surface area contributed by atoms with Crippen molar-refractivity contribution in [2.45, 2.75) is 26.8 Å². The van der Waals surface area contributed by atoms with Crippen LogP contribution >= 0.6 is 0 Å². The summed E-state index contributed by atoms with van der Waals surface area (Å²) in [7, 11) is 3.74. The second-order valence-corrected chi connectivity index (χ2v) is 9.19. The third-order valence-corrected chi connectivity index (χ3v) is 5.47. The number of carbonyl (C=O) groups excluding carboxylic acids is 3. The quantitative estimate of drug-likeness (QED) is 0.192. The Morgan fingerprint density at radius 2 is 1.77 bits per heavy atom. The number of carbonyl (C=O) groups is 3. The van der Waals surface area contributed by atoms with Crippen molar-refractivity contribution in [3.8, 4) is 11.5 Å². The molecule has 1 heterocycles. The number of nitrogens with zero attached hydrogens (tertiary/aromatic N) is 2. The lowest BCUT2D eigenvalue weighted by molar-refractivity contribution is -0.140. The predicted octanol–water partition coefficient (Wildman–Crippen LogP) is 3.63. The average molecular weight is 481 g/mol. The van der Waals surface area contributed by atoms with Crippen molar-refractivity contribution in [2.75, 3.05) is 33.8 Å². The molecule has 0 aliphatic carbocycles. The maximum absolute atomic E-state index is 13.1. The molecule has 1 unspecified atom stereocenters. The minimum Gasteiger partial charge on any atom is -0.507 e. The molecule has 1 N–H and O–H groups in total. The molecule has 1 aliphatic rings. The van der Waals surface area contributed by atoms with E-state index < -0.39 is 23.7 Å². The van der Waals surface area contributed by atoms with Crippen LogP contribution in [0.1, 0.15) is 37.9 Å². The molecule has 0 bridgehead atoms. The highest BCUT2D eigenvalue weighted by Gasteiger charge is 2.46. The van der Waals surface area contributed by atoms with Crippen LogP contribution in [-0.4, -0.2) is 66.4 Å². The number of hydrogen-bond acceptors (Lipinski definition) is 7. The van der Waals surface area contributed by atoms with Crippen LogP contribution in [0, 0.1) is 5.92 Å². The third kappa shape index (κ3) is 6.27. The van der Waals surface area contributed by atoms with E-state index >= 15 is 0 Å². The fourth-order valence-corrected chi connectivity index (χ4v) is 3.81. The Labute approximate surface area is 205 Å². The molecular formula is C27H32N2O6. The highest BCUT2D eigenvalue weighted by atomic mass is 16.5. The number of likely N-dealkylation sites (tertiary alicyclic amines) is 1. The van der Waals surface area contributed by atoms with Crippen molar-refractivity contribution >= 4 is 23.4 Å². The minimum atomic E-state index is -0.831. The van der Waals surface area contributed by atoms with E-state index in [2.05, 4.69) is 0 Å². The van der Waals surface area contributed by atoms with Crippen molar-refractivity contribution in [3.05, 3.63) is 65.2 Å². The fraction of sp³-hybridized carbons (Fsp3) is 0.370. The van der Waals surface area contributed by atoms with E-state index in [-0.39, 0.29) is 17.9 Å². The number of amides is 1. The summed E-state index contributed by atoms with van der Waals surface area (Å²) in [6, 6.07) is 12.6. The molecule has 0 aromatic heterocycles. The van der Waals surface area contributed by atoms with Gasteiger partial charge in [-0.1, -0.05) is 26.0 Å². The summed E-state index contributed by atoms with van der Waals surface area (Å²) < 4.78 is 10.9. The van der Waals surface area contributed by atoms with E-state index in [1.807, 2.05) is 32.8 Å². The molecule has 8 nitrogen and oxygen atoms in total. The van der Waals surface area contributed by atoms with E-state index in [0.717, 1.165) is 0 Å². The van der Waals surface area contributed by atoms with Crippen LogP contribution in [0.25, 0.3) is 5.76 Å². The Morgan fingerprint density at radius 3 is 2.37 bits per heavy atom. The zero-order chi connectivity index (χ0) is 25.7. The van der Waals surface area contributed by atoms with Crippen molar-refractivity contribution in [2.24, 2.45) is 5.92 Å². The molecule has 1 atom stereocenters. The number of ether oxygens (including phenoxy) is 2. The second-order valence-electron chi connectivity index (χ2n) is 9.19. The molecule has 186 valence electrons. The van der Waals surface area contributed by atoms with Gasteiger partial charge >= 0.3 is 5.97 Å². The smallest absolute Gasteiger partial charge is 0.308 e. The van der Waals surface area contributed by atoms with Crippen LogP contribution in [0.3, 0.4) is 0 Å². The van der Waals surface area contributed by atoms with Gasteiger partial charge in [0.25, 0.3) is 11.7 Å². The van der Waals surface area contributed by atoms with Gasteiger partial charge in [0.2, 0.25) is 0 Å². The van der Waals surface area contributed by atoms with Gasteiger partial charge in [0.15, 0.2) is 0 Å². The summed E-state index contributed by atoms with van der Waals surface area (Å²) in [5.41, 5.74) is 0.943. The number of aliphatic hydroxyl groups is 1. The zero-order valence-electron chi connectivity index (χ0n) is 20.8. The summed E-state index contributed by atoms with van der Waals surface area (Å²) in [5, 5.41) is 11.2. The van der Waals surface area contributed by atoms with Gasteiger partial charge < -0.3 is 24.4 Å². The SMILES string of the molecule is CC(=O)Oc1cccc(C2/C(=C(/O)c3ccc(OCC(C)C)cc3)C(=O)C(=O)N2CCN(C)C)c1. The van der Waals surface area contributed by atoms with E-state index in [9.17, 15) is 19.5 Å². The van der Waals surface area contributed by atoms with Crippen LogP contribution in [0.15, 0.2) is 54.1 Å². The standard InChI is InChI=1S/C27H32N2O6/c1-17(2)16-34-21-11-9-19(10-12-21)25(31)23-24(20-7-6-8-22(15-20)35-18(3)30)29(14-13-28(4)5)27(33)26(23)32/h6-12,15,17,24,31H,13-14,16H2,1-5H3/b25-23-. The summed E-state index contributed by atoms with van der Waals surface area (Å²) in [5.74, 6) is -0.897. The third-order valence-electron chi connectivity index (χ3n) is 5.47. The van der Waals surface area contributed by atoms with Gasteiger partial charge in [0.05, 0.1) is 18.2 Å². The molecule has 1 saturated heterocycles. The molecule has 1 aliphatic heterocycles. The normalized spacial score (nSPS) is 17.3. The largest absolute Gasteiger partial charge is 0.507 e. The lowest BCUT2D eigenvalue weighted by Gasteiger charge is -2.26. The number of hydrogen-bond donors (Lipinski definition) is 1. The maximum atomic E-state index is 13.1. The van der Waals surface area contributed by atoms with Crippen LogP contribution in [0.5, 0.6) is 11.5 Å². The number of likely N-dealkylation sites (N-methyl/N-ethyl adjacent to an activating group) is 1. The first-order valence-corrected chi connectivity index (χ1v) is 11.5. The van der Waals surface area contributed by atoms with Crippen LogP contribution in [0.4, 0.5) is 0 Å². The average Bonchev–Trinajstić information content (AvgIpc) is 3.06. The van der Waals surface area contributed by atoms with Gasteiger partial charge in [-0.2, -0.15) is 0 Å². The van der Waals surface area contributed by atoms with Gasteiger partial charge in [0.1, 0.15) is 17.3 Å². The van der Waals surface area contributed by atoms with E-state index in [4.69, 9.17) is 9.47 Å². The highest BCUT2D eigenvalue weighted by Crippen LogP contribution is 2.40. The van der Waals surface area contributed by atoms with Gasteiger partial charge in [-0.25, -0.2) is 0 Å². The summed E-state index contributed by atoms with van der Waals surface area (Å²) in [6.07, 6.45) is 0. The number of aliphatic hydroxyl groups excluding tert-OH is 1. The van der Waals surface area contributed by atoms with Crippen LogP contribution < -0.4 is 9.47 Å². The number of ketones is 1. The Hall–Kier alpha value is -3.65. The number of benzene rings is 2. The Bertz CT molecular complexity index is 1120. The number of rotatable bonds is 9. The Kier molecular flexibility index (Phi) is 8.30. The molecule has 1 fully saturated rings. The monoisotopic (exact) mass is 480 g/mol. The number of Topliss-reactive ketones (excluding diaryl/α,β-unsaturated/α-hetero) is 1. The van der Waals surface area contributed by atoms with Crippen molar-refractivity contribution in [1.29, 1.82) is 0 Å². The first-order chi connectivity index (χ1) is 16.6. The predicted molar refractivity (Wildman–Crippen MR) is 132 cm³/mol. The molecule has 2 aromatic carbocycles. The molecule has 8 heteroatoms. The molecule has 1 amide bonds. The van der Waals surface area contributed by atoms with Crippen LogP contribution in [0.2, 0.25) is 0 Å². The van der Waals surface area contributed by atoms with Gasteiger partial charge in [-0.3, -0.25) is 14.4 Å². The maximum Gasteiger partial charge on any atom is 0.308 e.